The van der Waals surface area contributed by atoms with Crippen LogP contribution in [0.3, 0.4) is 0 Å². The van der Waals surface area contributed by atoms with Crippen LogP contribution in [0, 0.1) is 5.82 Å². The first kappa shape index (κ1) is 14.8. The van der Waals surface area contributed by atoms with E-state index in [1.807, 2.05) is 11.8 Å². The van der Waals surface area contributed by atoms with Crippen molar-refractivity contribution in [1.82, 2.24) is 4.90 Å². The van der Waals surface area contributed by atoms with Crippen molar-refractivity contribution in [2.45, 2.75) is 30.9 Å². The van der Waals surface area contributed by atoms with Crippen molar-refractivity contribution in [2.75, 3.05) is 13.1 Å². The molecule has 1 aromatic rings. The minimum absolute atomic E-state index is 0.263. The first-order chi connectivity index (χ1) is 8.95. The summed E-state index contributed by atoms with van der Waals surface area (Å²) in [6, 6.07) is 4.21. The van der Waals surface area contributed by atoms with Crippen LogP contribution in [-0.2, 0) is 6.54 Å². The zero-order valence-corrected chi connectivity index (χ0v) is 12.0. The van der Waals surface area contributed by atoms with Crippen molar-refractivity contribution < 1.29 is 14.4 Å². The molecule has 1 aliphatic heterocycles. The number of hydrogen-bond donors (Lipinski definition) is 2. The summed E-state index contributed by atoms with van der Waals surface area (Å²) in [7, 11) is -1.63. The van der Waals surface area contributed by atoms with Gasteiger partial charge in [0.1, 0.15) is 5.82 Å². The van der Waals surface area contributed by atoms with Gasteiger partial charge in [-0.2, -0.15) is 11.8 Å². The van der Waals surface area contributed by atoms with Crippen molar-refractivity contribution in [2.24, 2.45) is 0 Å². The first-order valence-electron chi connectivity index (χ1n) is 6.48. The molecule has 2 unspecified atom stereocenters. The molecule has 0 amide bonds. The third-order valence-electron chi connectivity index (χ3n) is 3.28. The van der Waals surface area contributed by atoms with Gasteiger partial charge in [0.25, 0.3) is 0 Å². The fourth-order valence-corrected chi connectivity index (χ4v) is 3.99. The molecule has 0 bridgehead atoms. The molecule has 2 N–H and O–H groups in total. The zero-order chi connectivity index (χ0) is 14.0. The van der Waals surface area contributed by atoms with Gasteiger partial charge in [-0.05, 0) is 23.2 Å². The van der Waals surface area contributed by atoms with Gasteiger partial charge in [0.05, 0.1) is 0 Å². The van der Waals surface area contributed by atoms with Crippen LogP contribution in [0.25, 0.3) is 0 Å². The van der Waals surface area contributed by atoms with Crippen LogP contribution < -0.4 is 5.46 Å². The third kappa shape index (κ3) is 3.95. The molecule has 0 aromatic heterocycles. The van der Waals surface area contributed by atoms with Crippen molar-refractivity contribution >= 4 is 24.3 Å². The molecular formula is C13H19BFNO2S. The lowest BCUT2D eigenvalue weighted by Gasteiger charge is -2.35. The van der Waals surface area contributed by atoms with Crippen LogP contribution in [-0.4, -0.2) is 45.7 Å². The summed E-state index contributed by atoms with van der Waals surface area (Å²) in [6.45, 7) is 6.95. The summed E-state index contributed by atoms with van der Waals surface area (Å²) in [5.41, 5.74) is 1.04. The van der Waals surface area contributed by atoms with Gasteiger partial charge in [-0.15, -0.1) is 0 Å². The standard InChI is InChI=1S/C13H19BFNO2S/c1-9-6-16(7-10(2)19-9)8-11-3-4-12(15)5-13(11)14(17)18/h3-5,9-10,17-18H,6-8H2,1-2H3. The minimum Gasteiger partial charge on any atom is -0.423 e. The van der Waals surface area contributed by atoms with Crippen LogP contribution in [0.4, 0.5) is 4.39 Å². The Morgan fingerprint density at radius 3 is 2.53 bits per heavy atom. The van der Waals surface area contributed by atoms with Gasteiger partial charge >= 0.3 is 7.12 Å². The number of benzene rings is 1. The molecule has 3 nitrogen and oxygen atoms in total. The van der Waals surface area contributed by atoms with Crippen LogP contribution in [0.5, 0.6) is 0 Å². The molecule has 0 saturated carbocycles. The van der Waals surface area contributed by atoms with Crippen molar-refractivity contribution in [1.29, 1.82) is 0 Å². The second-order valence-electron chi connectivity index (χ2n) is 5.17. The van der Waals surface area contributed by atoms with Gasteiger partial charge in [-0.25, -0.2) is 4.39 Å². The molecule has 6 heteroatoms. The van der Waals surface area contributed by atoms with Crippen LogP contribution in [0.15, 0.2) is 18.2 Å². The van der Waals surface area contributed by atoms with Crippen LogP contribution in [0.2, 0.25) is 0 Å². The molecular weight excluding hydrogens is 264 g/mol. The molecule has 1 heterocycles. The van der Waals surface area contributed by atoms with Crippen molar-refractivity contribution in [3.05, 3.63) is 29.6 Å². The highest BCUT2D eigenvalue weighted by Crippen LogP contribution is 2.25. The number of nitrogens with zero attached hydrogens (tertiary/aromatic N) is 1. The lowest BCUT2D eigenvalue weighted by molar-refractivity contribution is 0.263. The first-order valence-corrected chi connectivity index (χ1v) is 7.42. The van der Waals surface area contributed by atoms with Gasteiger partial charge in [0.15, 0.2) is 0 Å². The smallest absolute Gasteiger partial charge is 0.423 e. The molecule has 1 saturated heterocycles. The fraction of sp³-hybridized carbons (Fsp3) is 0.538. The molecule has 104 valence electrons. The normalized spacial score (nSPS) is 24.5. The maximum absolute atomic E-state index is 13.2. The summed E-state index contributed by atoms with van der Waals surface area (Å²) >= 11 is 1.97. The van der Waals surface area contributed by atoms with E-state index in [1.54, 1.807) is 6.07 Å². The van der Waals surface area contributed by atoms with E-state index in [4.69, 9.17) is 0 Å². The molecule has 19 heavy (non-hydrogen) atoms. The van der Waals surface area contributed by atoms with Crippen LogP contribution in [0.1, 0.15) is 19.4 Å². The van der Waals surface area contributed by atoms with E-state index < -0.39 is 12.9 Å². The number of thioether (sulfide) groups is 1. The quantitative estimate of drug-likeness (QED) is 0.807. The third-order valence-corrected chi connectivity index (χ3v) is 4.50. The van der Waals surface area contributed by atoms with Gasteiger partial charge in [-0.3, -0.25) is 4.90 Å². The largest absolute Gasteiger partial charge is 0.488 e. The predicted octanol–water partition coefficient (Wildman–Crippen LogP) is 0.831. The van der Waals surface area contributed by atoms with E-state index in [0.717, 1.165) is 18.7 Å². The fourth-order valence-electron chi connectivity index (χ4n) is 2.60. The molecule has 0 spiro atoms. The molecule has 2 rings (SSSR count). The monoisotopic (exact) mass is 283 g/mol. The molecule has 2 atom stereocenters. The Balaban J connectivity index is 2.14. The Bertz CT molecular complexity index is 437. The Morgan fingerprint density at radius 1 is 1.32 bits per heavy atom. The lowest BCUT2D eigenvalue weighted by Crippen LogP contribution is -2.42. The summed E-state index contributed by atoms with van der Waals surface area (Å²) in [5, 5.41) is 19.8. The topological polar surface area (TPSA) is 43.7 Å². The SMILES string of the molecule is CC1CN(Cc2ccc(F)cc2B(O)O)CC(C)S1. The molecule has 0 aliphatic carbocycles. The van der Waals surface area contributed by atoms with E-state index in [2.05, 4.69) is 18.7 Å². The van der Waals surface area contributed by atoms with Crippen molar-refractivity contribution in [3.8, 4) is 0 Å². The Hall–Kier alpha value is -0.555. The highest BCUT2D eigenvalue weighted by atomic mass is 32.2. The van der Waals surface area contributed by atoms with Gasteiger partial charge in [0.2, 0.25) is 0 Å². The van der Waals surface area contributed by atoms with Gasteiger partial charge in [0, 0.05) is 30.1 Å². The predicted molar refractivity (Wildman–Crippen MR) is 78.0 cm³/mol. The Kier molecular flexibility index (Phi) is 4.89. The van der Waals surface area contributed by atoms with Crippen molar-refractivity contribution in [3.63, 3.8) is 0 Å². The summed E-state index contributed by atoms with van der Waals surface area (Å²) in [6.07, 6.45) is 0. The Labute approximate surface area is 118 Å². The maximum Gasteiger partial charge on any atom is 0.488 e. The number of hydrogen-bond acceptors (Lipinski definition) is 4. The van der Waals surface area contributed by atoms with Gasteiger partial charge < -0.3 is 10.0 Å². The molecule has 1 fully saturated rings. The summed E-state index contributed by atoms with van der Waals surface area (Å²) < 4.78 is 13.2. The second-order valence-corrected chi connectivity index (χ2v) is 7.05. The Morgan fingerprint density at radius 2 is 1.95 bits per heavy atom. The molecule has 1 aliphatic rings. The van der Waals surface area contributed by atoms with Gasteiger partial charge in [-0.1, -0.05) is 19.9 Å². The minimum atomic E-state index is -1.63. The van der Waals surface area contributed by atoms with E-state index in [0.29, 0.717) is 17.0 Å². The second kappa shape index (κ2) is 6.26. The maximum atomic E-state index is 13.2. The van der Waals surface area contributed by atoms with E-state index in [9.17, 15) is 14.4 Å². The van der Waals surface area contributed by atoms with E-state index >= 15 is 0 Å². The summed E-state index contributed by atoms with van der Waals surface area (Å²) in [4.78, 5) is 2.28. The van der Waals surface area contributed by atoms with E-state index in [1.165, 1.54) is 12.1 Å². The lowest BCUT2D eigenvalue weighted by atomic mass is 9.77. The average molecular weight is 283 g/mol. The highest BCUT2D eigenvalue weighted by molar-refractivity contribution is 8.00. The number of halogens is 1. The average Bonchev–Trinajstić information content (AvgIpc) is 2.30. The molecule has 0 radical (unpaired) electrons. The highest BCUT2D eigenvalue weighted by Gasteiger charge is 2.24. The summed E-state index contributed by atoms with van der Waals surface area (Å²) in [5.74, 6) is -0.442. The van der Waals surface area contributed by atoms with Crippen LogP contribution >= 0.6 is 11.8 Å². The van der Waals surface area contributed by atoms with E-state index in [-0.39, 0.29) is 5.46 Å². The number of rotatable bonds is 3. The zero-order valence-electron chi connectivity index (χ0n) is 11.2. The molecule has 1 aromatic carbocycles.